The highest BCUT2D eigenvalue weighted by atomic mass is 32.1. The molecule has 3 aromatic rings. The number of H-pyrrole nitrogens is 1. The Labute approximate surface area is 147 Å². The average Bonchev–Trinajstić information content (AvgIpc) is 3.28. The zero-order valence-electron chi connectivity index (χ0n) is 13.5. The van der Waals surface area contributed by atoms with Crippen molar-refractivity contribution in [3.8, 4) is 0 Å². The van der Waals surface area contributed by atoms with E-state index in [2.05, 4.69) is 20.0 Å². The summed E-state index contributed by atoms with van der Waals surface area (Å²) in [5.74, 6) is -1.09. The standard InChI is InChI=1S/C17H17N3O4S/c1-24-17(23)13(9-21)20-16(22)14-11(4-7-25-14)8-10-2-5-18-15-12(10)3-6-19-15/h2-7,13,21H,8-9H2,1H3,(H,18,19)(H,20,22). The second-order valence-electron chi connectivity index (χ2n) is 5.39. The number of ether oxygens (including phenoxy) is 1. The topological polar surface area (TPSA) is 104 Å². The van der Waals surface area contributed by atoms with Gasteiger partial charge in [0.2, 0.25) is 0 Å². The summed E-state index contributed by atoms with van der Waals surface area (Å²) in [6, 6.07) is 4.67. The Morgan fingerprint density at radius 3 is 2.96 bits per heavy atom. The lowest BCUT2D eigenvalue weighted by molar-refractivity contribution is -0.143. The van der Waals surface area contributed by atoms with E-state index in [9.17, 15) is 14.7 Å². The lowest BCUT2D eigenvalue weighted by atomic mass is 10.0. The Morgan fingerprint density at radius 1 is 1.36 bits per heavy atom. The summed E-state index contributed by atoms with van der Waals surface area (Å²) in [4.78, 5) is 31.8. The molecule has 0 aliphatic heterocycles. The first-order chi connectivity index (χ1) is 12.1. The van der Waals surface area contributed by atoms with Crippen LogP contribution < -0.4 is 5.32 Å². The molecule has 8 heteroatoms. The summed E-state index contributed by atoms with van der Waals surface area (Å²) in [5.41, 5.74) is 2.69. The average molecular weight is 359 g/mol. The van der Waals surface area contributed by atoms with Crippen molar-refractivity contribution < 1.29 is 19.4 Å². The van der Waals surface area contributed by atoms with Gasteiger partial charge in [0.05, 0.1) is 18.6 Å². The van der Waals surface area contributed by atoms with Gasteiger partial charge < -0.3 is 20.1 Å². The van der Waals surface area contributed by atoms with Crippen molar-refractivity contribution >= 4 is 34.2 Å². The smallest absolute Gasteiger partial charge is 0.330 e. The molecule has 3 heterocycles. The summed E-state index contributed by atoms with van der Waals surface area (Å²) in [5, 5.41) is 14.6. The van der Waals surface area contributed by atoms with Gasteiger partial charge in [-0.1, -0.05) is 0 Å². The summed E-state index contributed by atoms with van der Waals surface area (Å²) in [7, 11) is 1.21. The predicted molar refractivity (Wildman–Crippen MR) is 93.6 cm³/mol. The lowest BCUT2D eigenvalue weighted by Crippen LogP contribution is -2.44. The number of pyridine rings is 1. The number of carbonyl (C=O) groups excluding carboxylic acids is 2. The molecule has 3 aromatic heterocycles. The fourth-order valence-corrected chi connectivity index (χ4v) is 3.42. The largest absolute Gasteiger partial charge is 0.467 e. The van der Waals surface area contributed by atoms with Crippen molar-refractivity contribution in [1.82, 2.24) is 15.3 Å². The van der Waals surface area contributed by atoms with Crippen LogP contribution in [0.4, 0.5) is 0 Å². The number of rotatable bonds is 6. The molecule has 0 spiro atoms. The molecule has 0 saturated heterocycles. The first-order valence-corrected chi connectivity index (χ1v) is 8.49. The Hall–Kier alpha value is -2.71. The zero-order chi connectivity index (χ0) is 17.8. The Balaban J connectivity index is 1.82. The van der Waals surface area contributed by atoms with E-state index in [0.29, 0.717) is 11.3 Å². The van der Waals surface area contributed by atoms with Gasteiger partial charge in [-0.3, -0.25) is 4.79 Å². The maximum Gasteiger partial charge on any atom is 0.330 e. The number of methoxy groups -OCH3 is 1. The maximum atomic E-state index is 12.5. The van der Waals surface area contributed by atoms with Gasteiger partial charge in [-0.05, 0) is 41.1 Å². The Kier molecular flexibility index (Phi) is 5.11. The van der Waals surface area contributed by atoms with Crippen LogP contribution in [-0.2, 0) is 16.0 Å². The molecule has 0 fully saturated rings. The van der Waals surface area contributed by atoms with Gasteiger partial charge in [-0.2, -0.15) is 0 Å². The number of thiophene rings is 1. The van der Waals surface area contributed by atoms with Crippen LogP contribution in [0.5, 0.6) is 0 Å². The summed E-state index contributed by atoms with van der Waals surface area (Å²) in [6.45, 7) is -0.520. The molecule has 1 amide bonds. The number of nitrogens with zero attached hydrogens (tertiary/aromatic N) is 1. The number of nitrogens with one attached hydrogen (secondary N) is 2. The van der Waals surface area contributed by atoms with E-state index in [0.717, 1.165) is 22.2 Å². The Morgan fingerprint density at radius 2 is 2.20 bits per heavy atom. The minimum absolute atomic E-state index is 0.409. The van der Waals surface area contributed by atoms with E-state index in [1.807, 2.05) is 29.8 Å². The van der Waals surface area contributed by atoms with Crippen LogP contribution in [0.1, 0.15) is 20.8 Å². The first kappa shape index (κ1) is 17.1. The van der Waals surface area contributed by atoms with Gasteiger partial charge in [-0.15, -0.1) is 11.3 Å². The number of aromatic nitrogens is 2. The zero-order valence-corrected chi connectivity index (χ0v) is 14.3. The van der Waals surface area contributed by atoms with E-state index in [1.54, 1.807) is 6.20 Å². The van der Waals surface area contributed by atoms with Crippen molar-refractivity contribution in [2.45, 2.75) is 12.5 Å². The number of aromatic amines is 1. The minimum atomic E-state index is -1.08. The van der Waals surface area contributed by atoms with Crippen LogP contribution in [0.3, 0.4) is 0 Å². The van der Waals surface area contributed by atoms with E-state index in [-0.39, 0.29) is 0 Å². The number of hydrogen-bond acceptors (Lipinski definition) is 6. The van der Waals surface area contributed by atoms with Crippen molar-refractivity contribution in [2.24, 2.45) is 0 Å². The van der Waals surface area contributed by atoms with Gasteiger partial charge in [0.25, 0.3) is 5.91 Å². The van der Waals surface area contributed by atoms with E-state index < -0.39 is 24.5 Å². The SMILES string of the molecule is COC(=O)C(CO)NC(=O)c1sccc1Cc1ccnc2[nH]ccc12. The number of hydrogen-bond donors (Lipinski definition) is 3. The molecule has 0 radical (unpaired) electrons. The molecule has 1 atom stereocenters. The highest BCUT2D eigenvalue weighted by Crippen LogP contribution is 2.24. The van der Waals surface area contributed by atoms with Crippen molar-refractivity contribution in [3.63, 3.8) is 0 Å². The Bertz CT molecular complexity index is 902. The van der Waals surface area contributed by atoms with Crippen molar-refractivity contribution in [1.29, 1.82) is 0 Å². The fourth-order valence-electron chi connectivity index (χ4n) is 2.60. The summed E-state index contributed by atoms with van der Waals surface area (Å²) in [6.07, 6.45) is 4.11. The van der Waals surface area contributed by atoms with Crippen LogP contribution in [0.15, 0.2) is 36.0 Å². The molecule has 0 aromatic carbocycles. The summed E-state index contributed by atoms with van der Waals surface area (Å²) >= 11 is 1.29. The number of fused-ring (bicyclic) bond motifs is 1. The second kappa shape index (κ2) is 7.45. The van der Waals surface area contributed by atoms with E-state index in [4.69, 9.17) is 0 Å². The third kappa shape index (κ3) is 3.54. The van der Waals surface area contributed by atoms with Crippen LogP contribution in [0, 0.1) is 0 Å². The van der Waals surface area contributed by atoms with Gasteiger partial charge in [0.1, 0.15) is 5.65 Å². The second-order valence-corrected chi connectivity index (χ2v) is 6.31. The van der Waals surface area contributed by atoms with Crippen LogP contribution in [0.25, 0.3) is 11.0 Å². The fraction of sp³-hybridized carbons (Fsp3) is 0.235. The maximum absolute atomic E-state index is 12.5. The van der Waals surface area contributed by atoms with Crippen LogP contribution in [0.2, 0.25) is 0 Å². The molecule has 3 N–H and O–H groups in total. The summed E-state index contributed by atoms with van der Waals surface area (Å²) < 4.78 is 4.57. The van der Waals surface area contributed by atoms with Gasteiger partial charge >= 0.3 is 5.97 Å². The molecule has 0 aliphatic rings. The molecule has 1 unspecified atom stereocenters. The predicted octanol–water partition coefficient (Wildman–Crippen LogP) is 1.48. The third-order valence-corrected chi connectivity index (χ3v) is 4.81. The van der Waals surface area contributed by atoms with Crippen LogP contribution in [-0.4, -0.2) is 46.7 Å². The molecule has 0 saturated carbocycles. The number of amides is 1. The van der Waals surface area contributed by atoms with Crippen LogP contribution >= 0.6 is 11.3 Å². The minimum Gasteiger partial charge on any atom is -0.467 e. The number of aliphatic hydroxyl groups excluding tert-OH is 1. The lowest BCUT2D eigenvalue weighted by Gasteiger charge is -2.14. The molecule has 25 heavy (non-hydrogen) atoms. The number of aliphatic hydroxyl groups is 1. The molecule has 0 aliphatic carbocycles. The van der Waals surface area contributed by atoms with Crippen molar-refractivity contribution in [2.75, 3.05) is 13.7 Å². The van der Waals surface area contributed by atoms with Crippen molar-refractivity contribution in [3.05, 3.63) is 52.0 Å². The molecule has 0 bridgehead atoms. The molecular formula is C17H17N3O4S. The quantitative estimate of drug-likeness (QED) is 0.578. The highest BCUT2D eigenvalue weighted by Gasteiger charge is 2.23. The molecule has 130 valence electrons. The van der Waals surface area contributed by atoms with Gasteiger partial charge in [0, 0.05) is 17.8 Å². The molecule has 7 nitrogen and oxygen atoms in total. The monoisotopic (exact) mass is 359 g/mol. The number of carbonyl (C=O) groups is 2. The number of esters is 1. The first-order valence-electron chi connectivity index (χ1n) is 7.61. The molecular weight excluding hydrogens is 342 g/mol. The highest BCUT2D eigenvalue weighted by molar-refractivity contribution is 7.12. The third-order valence-electron chi connectivity index (χ3n) is 3.86. The van der Waals surface area contributed by atoms with Gasteiger partial charge in [-0.25, -0.2) is 9.78 Å². The van der Waals surface area contributed by atoms with Gasteiger partial charge in [0.15, 0.2) is 6.04 Å². The van der Waals surface area contributed by atoms with E-state index in [1.165, 1.54) is 18.4 Å². The van der Waals surface area contributed by atoms with E-state index >= 15 is 0 Å². The normalized spacial score (nSPS) is 12.1. The molecule has 3 rings (SSSR count).